The summed E-state index contributed by atoms with van der Waals surface area (Å²) in [7, 11) is 0. The fourth-order valence-electron chi connectivity index (χ4n) is 3.83. The van der Waals surface area contributed by atoms with Crippen LogP contribution in [0.2, 0.25) is 0 Å². The molecule has 2 amide bonds. The summed E-state index contributed by atoms with van der Waals surface area (Å²) in [4.78, 5) is 39.7. The van der Waals surface area contributed by atoms with Crippen molar-refractivity contribution < 1.29 is 14.3 Å². The summed E-state index contributed by atoms with van der Waals surface area (Å²) in [5, 5.41) is 3.00. The molecule has 3 heterocycles. The Bertz CT molecular complexity index is 647. The third-order valence-corrected chi connectivity index (χ3v) is 5.67. The number of morpholine rings is 1. The van der Waals surface area contributed by atoms with Crippen LogP contribution in [0.1, 0.15) is 36.2 Å². The second kappa shape index (κ2) is 12.6. The molecule has 2 aliphatic rings. The van der Waals surface area contributed by atoms with Gasteiger partial charge in [-0.3, -0.25) is 19.5 Å². The molecule has 1 aromatic heterocycles. The van der Waals surface area contributed by atoms with Gasteiger partial charge in [0, 0.05) is 64.6 Å². The Labute approximate surface area is 178 Å². The van der Waals surface area contributed by atoms with Gasteiger partial charge in [0.15, 0.2) is 0 Å². The molecule has 0 radical (unpaired) electrons. The first-order chi connectivity index (χ1) is 14.7. The number of piperidine rings is 1. The molecule has 1 N–H and O–H groups in total. The molecular weight excluding hydrogens is 384 g/mol. The van der Waals surface area contributed by atoms with Crippen LogP contribution in [0.5, 0.6) is 0 Å². The van der Waals surface area contributed by atoms with Gasteiger partial charge in [-0.05, 0) is 25.9 Å². The molecule has 2 saturated heterocycles. The fourth-order valence-corrected chi connectivity index (χ4v) is 3.83. The number of ether oxygens (including phenoxy) is 1. The number of nitrogens with one attached hydrogen (secondary N) is 1. The van der Waals surface area contributed by atoms with Crippen LogP contribution in [0.4, 0.5) is 0 Å². The molecular formula is C21H34N6O3. The van der Waals surface area contributed by atoms with Gasteiger partial charge in [-0.25, -0.2) is 4.98 Å². The zero-order valence-electron chi connectivity index (χ0n) is 17.8. The molecule has 0 saturated carbocycles. The smallest absolute Gasteiger partial charge is 0.274 e. The summed E-state index contributed by atoms with van der Waals surface area (Å²) < 4.78 is 5.39. The molecule has 2 fully saturated rings. The average molecular weight is 419 g/mol. The number of hydrogen-bond donors (Lipinski definition) is 1. The minimum Gasteiger partial charge on any atom is -0.379 e. The van der Waals surface area contributed by atoms with Gasteiger partial charge in [0.2, 0.25) is 5.91 Å². The van der Waals surface area contributed by atoms with E-state index in [1.165, 1.54) is 31.7 Å². The normalized spacial score (nSPS) is 18.1. The molecule has 30 heavy (non-hydrogen) atoms. The summed E-state index contributed by atoms with van der Waals surface area (Å²) >= 11 is 0. The molecule has 166 valence electrons. The van der Waals surface area contributed by atoms with E-state index in [0.29, 0.717) is 25.3 Å². The Kier molecular flexibility index (Phi) is 9.46. The van der Waals surface area contributed by atoms with Crippen molar-refractivity contribution in [2.75, 3.05) is 72.1 Å². The van der Waals surface area contributed by atoms with Gasteiger partial charge < -0.3 is 19.9 Å². The molecule has 0 spiro atoms. The Morgan fingerprint density at radius 1 is 1.00 bits per heavy atom. The van der Waals surface area contributed by atoms with Crippen LogP contribution in [-0.4, -0.2) is 109 Å². The minimum absolute atomic E-state index is 0.0182. The van der Waals surface area contributed by atoms with Crippen molar-refractivity contribution >= 4 is 11.8 Å². The largest absolute Gasteiger partial charge is 0.379 e. The second-order valence-corrected chi connectivity index (χ2v) is 7.84. The summed E-state index contributed by atoms with van der Waals surface area (Å²) in [6, 6.07) is 0. The van der Waals surface area contributed by atoms with Gasteiger partial charge in [0.05, 0.1) is 19.4 Å². The second-order valence-electron chi connectivity index (χ2n) is 7.84. The van der Waals surface area contributed by atoms with Crippen molar-refractivity contribution in [2.24, 2.45) is 0 Å². The van der Waals surface area contributed by atoms with Gasteiger partial charge in [-0.2, -0.15) is 0 Å². The Morgan fingerprint density at radius 2 is 1.77 bits per heavy atom. The zero-order valence-corrected chi connectivity index (χ0v) is 17.8. The van der Waals surface area contributed by atoms with Crippen molar-refractivity contribution in [1.29, 1.82) is 0 Å². The Balaban J connectivity index is 1.45. The maximum Gasteiger partial charge on any atom is 0.274 e. The van der Waals surface area contributed by atoms with Crippen molar-refractivity contribution in [2.45, 2.75) is 25.7 Å². The molecule has 0 unspecified atom stereocenters. The average Bonchev–Trinajstić information content (AvgIpc) is 2.80. The Hall–Kier alpha value is -2.10. The summed E-state index contributed by atoms with van der Waals surface area (Å²) in [5.41, 5.74) is 0.310. The van der Waals surface area contributed by atoms with E-state index in [2.05, 4.69) is 25.1 Å². The third kappa shape index (κ3) is 7.62. The number of amides is 2. The molecule has 0 aliphatic carbocycles. The molecule has 0 atom stereocenters. The van der Waals surface area contributed by atoms with Crippen molar-refractivity contribution in [3.63, 3.8) is 0 Å². The van der Waals surface area contributed by atoms with Gasteiger partial charge in [-0.15, -0.1) is 0 Å². The first-order valence-corrected chi connectivity index (χ1v) is 11.1. The van der Waals surface area contributed by atoms with Crippen LogP contribution >= 0.6 is 0 Å². The highest BCUT2D eigenvalue weighted by Gasteiger charge is 2.20. The zero-order chi connectivity index (χ0) is 21.0. The lowest BCUT2D eigenvalue weighted by molar-refractivity contribution is -0.121. The number of carbonyl (C=O) groups is 2. The van der Waals surface area contributed by atoms with Crippen LogP contribution in [0.3, 0.4) is 0 Å². The highest BCUT2D eigenvalue weighted by atomic mass is 16.5. The van der Waals surface area contributed by atoms with Gasteiger partial charge in [-0.1, -0.05) is 6.42 Å². The fraction of sp³-hybridized carbons (Fsp3) is 0.714. The van der Waals surface area contributed by atoms with E-state index < -0.39 is 0 Å². The quantitative estimate of drug-likeness (QED) is 0.582. The van der Waals surface area contributed by atoms with Gasteiger partial charge in [0.1, 0.15) is 5.69 Å². The summed E-state index contributed by atoms with van der Waals surface area (Å²) in [6.07, 6.45) is 8.62. The molecule has 9 heteroatoms. The lowest BCUT2D eigenvalue weighted by Gasteiger charge is -2.30. The van der Waals surface area contributed by atoms with E-state index in [1.807, 2.05) is 0 Å². The lowest BCUT2D eigenvalue weighted by Crippen LogP contribution is -2.44. The standard InChI is InChI=1S/C21H34N6O3/c28-20(24-7-11-25-8-2-1-3-9-25)4-10-27(13-12-26-14-16-30-17-15-26)21(29)19-18-22-5-6-23-19/h5-6,18H,1-4,7-17H2,(H,24,28). The van der Waals surface area contributed by atoms with E-state index in [-0.39, 0.29) is 18.2 Å². The lowest BCUT2D eigenvalue weighted by atomic mass is 10.1. The van der Waals surface area contributed by atoms with Crippen molar-refractivity contribution in [3.8, 4) is 0 Å². The van der Waals surface area contributed by atoms with Gasteiger partial charge in [0.25, 0.3) is 5.91 Å². The molecule has 0 aromatic carbocycles. The number of aromatic nitrogens is 2. The summed E-state index contributed by atoms with van der Waals surface area (Å²) in [6.45, 7) is 8.65. The first kappa shape index (κ1) is 22.6. The highest BCUT2D eigenvalue weighted by Crippen LogP contribution is 2.07. The van der Waals surface area contributed by atoms with E-state index in [9.17, 15) is 9.59 Å². The number of hydrogen-bond acceptors (Lipinski definition) is 7. The summed E-state index contributed by atoms with van der Waals surface area (Å²) in [5.74, 6) is -0.201. The Morgan fingerprint density at radius 3 is 2.50 bits per heavy atom. The van der Waals surface area contributed by atoms with E-state index in [4.69, 9.17) is 4.74 Å². The molecule has 2 aliphatic heterocycles. The van der Waals surface area contributed by atoms with Crippen LogP contribution in [-0.2, 0) is 9.53 Å². The minimum atomic E-state index is -0.183. The first-order valence-electron chi connectivity index (χ1n) is 11.1. The maximum absolute atomic E-state index is 12.9. The number of rotatable bonds is 10. The predicted molar refractivity (Wildman–Crippen MR) is 113 cm³/mol. The van der Waals surface area contributed by atoms with E-state index >= 15 is 0 Å². The van der Waals surface area contributed by atoms with E-state index in [1.54, 1.807) is 11.1 Å². The molecule has 3 rings (SSSR count). The number of likely N-dealkylation sites (tertiary alicyclic amines) is 1. The van der Waals surface area contributed by atoms with Crippen molar-refractivity contribution in [1.82, 2.24) is 30.0 Å². The predicted octanol–water partition coefficient (Wildman–Crippen LogP) is 0.243. The van der Waals surface area contributed by atoms with Crippen LogP contribution in [0, 0.1) is 0 Å². The molecule has 0 bridgehead atoms. The third-order valence-electron chi connectivity index (χ3n) is 5.67. The molecule has 9 nitrogen and oxygen atoms in total. The SMILES string of the molecule is O=C(CCN(CCN1CCOCC1)C(=O)c1cnccn1)NCCN1CCCCC1. The number of nitrogens with zero attached hydrogens (tertiary/aromatic N) is 5. The topological polar surface area (TPSA) is 90.9 Å². The highest BCUT2D eigenvalue weighted by molar-refractivity contribution is 5.92. The van der Waals surface area contributed by atoms with Crippen LogP contribution < -0.4 is 5.32 Å². The maximum atomic E-state index is 12.9. The number of carbonyl (C=O) groups excluding carboxylic acids is 2. The van der Waals surface area contributed by atoms with E-state index in [0.717, 1.165) is 52.5 Å². The van der Waals surface area contributed by atoms with Crippen LogP contribution in [0.15, 0.2) is 18.6 Å². The van der Waals surface area contributed by atoms with Gasteiger partial charge >= 0.3 is 0 Å². The van der Waals surface area contributed by atoms with Crippen LogP contribution in [0.25, 0.3) is 0 Å². The molecule has 1 aromatic rings. The van der Waals surface area contributed by atoms with Crippen molar-refractivity contribution in [3.05, 3.63) is 24.3 Å². The monoisotopic (exact) mass is 418 g/mol.